The summed E-state index contributed by atoms with van der Waals surface area (Å²) in [6.07, 6.45) is 0. The van der Waals surface area contributed by atoms with Gasteiger partial charge in [-0.3, -0.25) is 4.79 Å². The highest BCUT2D eigenvalue weighted by molar-refractivity contribution is 6.33. The van der Waals surface area contributed by atoms with Crippen molar-refractivity contribution in [3.8, 4) is 5.75 Å². The van der Waals surface area contributed by atoms with Crippen molar-refractivity contribution in [3.63, 3.8) is 0 Å². The van der Waals surface area contributed by atoms with Gasteiger partial charge in [0.2, 0.25) is 0 Å². The Balaban J connectivity index is 1.50. The number of piperazine rings is 1. The topological polar surface area (TPSA) is 46.0 Å². The Kier molecular flexibility index (Phi) is 5.79. The molecule has 6 heteroatoms. The van der Waals surface area contributed by atoms with E-state index in [9.17, 15) is 4.79 Å². The van der Waals surface area contributed by atoms with Crippen LogP contribution in [0.3, 0.4) is 0 Å². The number of benzene rings is 2. The van der Waals surface area contributed by atoms with Crippen molar-refractivity contribution in [1.29, 1.82) is 0 Å². The van der Waals surface area contributed by atoms with E-state index in [0.717, 1.165) is 48.3 Å². The molecule has 0 saturated carbocycles. The van der Waals surface area contributed by atoms with Crippen LogP contribution in [0.1, 0.15) is 0 Å². The molecule has 0 bridgehead atoms. The summed E-state index contributed by atoms with van der Waals surface area (Å²) in [5, 5.41) is 3.72. The maximum absolute atomic E-state index is 12.3. The van der Waals surface area contributed by atoms with E-state index < -0.39 is 0 Å². The van der Waals surface area contributed by atoms with Gasteiger partial charge in [-0.25, -0.2) is 0 Å². The van der Waals surface area contributed by atoms with Gasteiger partial charge in [0, 0.05) is 11.8 Å². The summed E-state index contributed by atoms with van der Waals surface area (Å²) in [6, 6.07) is 15.3. The van der Waals surface area contributed by atoms with Crippen LogP contribution in [0, 0.1) is 0 Å². The third kappa shape index (κ3) is 4.65. The lowest BCUT2D eigenvalue weighted by atomic mass is 10.2. The zero-order valence-corrected chi connectivity index (χ0v) is 15.1. The molecule has 5 nitrogen and oxygen atoms in total. The van der Waals surface area contributed by atoms with E-state index in [4.69, 9.17) is 16.3 Å². The molecule has 2 aromatic rings. The smallest absolute Gasteiger partial charge is 0.279 e. The molecule has 1 heterocycles. The van der Waals surface area contributed by atoms with Crippen molar-refractivity contribution in [2.75, 3.05) is 50.1 Å². The van der Waals surface area contributed by atoms with Crippen LogP contribution in [0.25, 0.3) is 0 Å². The zero-order valence-electron chi connectivity index (χ0n) is 14.3. The number of rotatable bonds is 5. The molecule has 2 aromatic carbocycles. The van der Waals surface area contributed by atoms with Crippen LogP contribution in [0.5, 0.6) is 5.75 Å². The SMILES string of the molecule is COc1cccc(NC(=O)C[NH+]2CCN(c3ccccc3Cl)CC2)c1. The summed E-state index contributed by atoms with van der Waals surface area (Å²) >= 11 is 6.27. The molecule has 3 rings (SSSR count). The molecule has 0 unspecified atom stereocenters. The quantitative estimate of drug-likeness (QED) is 0.853. The van der Waals surface area contributed by atoms with Crippen LogP contribution in [0.15, 0.2) is 48.5 Å². The fraction of sp³-hybridized carbons (Fsp3) is 0.316. The van der Waals surface area contributed by atoms with Crippen molar-refractivity contribution in [1.82, 2.24) is 0 Å². The number of anilines is 2. The first-order valence-electron chi connectivity index (χ1n) is 8.42. The van der Waals surface area contributed by atoms with E-state index in [0.29, 0.717) is 6.54 Å². The van der Waals surface area contributed by atoms with Crippen LogP contribution < -0.4 is 19.9 Å². The molecule has 1 aliphatic heterocycles. The lowest BCUT2D eigenvalue weighted by Gasteiger charge is -2.33. The second kappa shape index (κ2) is 8.23. The number of methoxy groups -OCH3 is 1. The molecule has 1 aliphatic rings. The number of halogens is 1. The van der Waals surface area contributed by atoms with Gasteiger partial charge in [-0.15, -0.1) is 0 Å². The van der Waals surface area contributed by atoms with Crippen LogP contribution in [-0.2, 0) is 4.79 Å². The van der Waals surface area contributed by atoms with E-state index in [1.165, 1.54) is 4.90 Å². The van der Waals surface area contributed by atoms with Gasteiger partial charge >= 0.3 is 0 Å². The number of hydrogen-bond donors (Lipinski definition) is 2. The molecule has 0 aromatic heterocycles. The third-order valence-electron chi connectivity index (χ3n) is 4.43. The molecular formula is C19H23ClN3O2+. The molecule has 25 heavy (non-hydrogen) atoms. The van der Waals surface area contributed by atoms with Gasteiger partial charge in [0.1, 0.15) is 5.75 Å². The predicted octanol–water partition coefficient (Wildman–Crippen LogP) is 1.69. The van der Waals surface area contributed by atoms with E-state index in [-0.39, 0.29) is 5.91 Å². The lowest BCUT2D eigenvalue weighted by molar-refractivity contribution is -0.892. The lowest BCUT2D eigenvalue weighted by Crippen LogP contribution is -3.15. The highest BCUT2D eigenvalue weighted by Gasteiger charge is 2.23. The number of carbonyl (C=O) groups excluding carboxylic acids is 1. The molecule has 0 radical (unpaired) electrons. The Bertz CT molecular complexity index is 730. The van der Waals surface area contributed by atoms with E-state index >= 15 is 0 Å². The number of amides is 1. The monoisotopic (exact) mass is 360 g/mol. The summed E-state index contributed by atoms with van der Waals surface area (Å²) in [5.41, 5.74) is 1.84. The Morgan fingerprint density at radius 3 is 2.68 bits per heavy atom. The summed E-state index contributed by atoms with van der Waals surface area (Å²) in [7, 11) is 1.61. The minimum absolute atomic E-state index is 0.0226. The van der Waals surface area contributed by atoms with Crippen LogP contribution in [0.2, 0.25) is 5.02 Å². The van der Waals surface area contributed by atoms with Gasteiger partial charge in [-0.2, -0.15) is 0 Å². The maximum atomic E-state index is 12.3. The zero-order chi connectivity index (χ0) is 17.6. The van der Waals surface area contributed by atoms with E-state index in [2.05, 4.69) is 10.2 Å². The third-order valence-corrected chi connectivity index (χ3v) is 4.75. The van der Waals surface area contributed by atoms with E-state index in [1.54, 1.807) is 7.11 Å². The van der Waals surface area contributed by atoms with Crippen LogP contribution in [-0.4, -0.2) is 45.7 Å². The number of quaternary nitrogens is 1. The molecule has 1 fully saturated rings. The second-order valence-corrected chi connectivity index (χ2v) is 6.55. The van der Waals surface area contributed by atoms with Crippen LogP contribution in [0.4, 0.5) is 11.4 Å². The number of carbonyl (C=O) groups is 1. The minimum atomic E-state index is 0.0226. The average molecular weight is 361 g/mol. The standard InChI is InChI=1S/C19H22ClN3O2/c1-25-16-6-4-5-15(13-16)21-19(24)14-22-9-11-23(12-10-22)18-8-3-2-7-17(18)20/h2-8,13H,9-12,14H2,1H3,(H,21,24)/p+1. The summed E-state index contributed by atoms with van der Waals surface area (Å²) in [4.78, 5) is 15.8. The van der Waals surface area contributed by atoms with Gasteiger partial charge < -0.3 is 19.9 Å². The molecule has 1 saturated heterocycles. The summed E-state index contributed by atoms with van der Waals surface area (Å²) < 4.78 is 5.18. The van der Waals surface area contributed by atoms with Crippen molar-refractivity contribution in [3.05, 3.63) is 53.6 Å². The summed E-state index contributed by atoms with van der Waals surface area (Å²) in [6.45, 7) is 4.08. The fourth-order valence-corrected chi connectivity index (χ4v) is 3.34. The number of hydrogen-bond acceptors (Lipinski definition) is 3. The summed E-state index contributed by atoms with van der Waals surface area (Å²) in [5.74, 6) is 0.757. The number of nitrogens with zero attached hydrogens (tertiary/aromatic N) is 1. The minimum Gasteiger partial charge on any atom is -0.497 e. The first-order valence-corrected chi connectivity index (χ1v) is 8.80. The second-order valence-electron chi connectivity index (χ2n) is 6.15. The van der Waals surface area contributed by atoms with Crippen molar-refractivity contribution in [2.45, 2.75) is 0 Å². The van der Waals surface area contributed by atoms with Crippen molar-refractivity contribution in [2.24, 2.45) is 0 Å². The first kappa shape index (κ1) is 17.6. The molecular weight excluding hydrogens is 338 g/mol. The first-order chi connectivity index (χ1) is 12.2. The Morgan fingerprint density at radius 2 is 1.96 bits per heavy atom. The predicted molar refractivity (Wildman–Crippen MR) is 101 cm³/mol. The van der Waals surface area contributed by atoms with Gasteiger partial charge in [0.05, 0.1) is 44.0 Å². The van der Waals surface area contributed by atoms with Gasteiger partial charge in [-0.1, -0.05) is 29.8 Å². The molecule has 2 N–H and O–H groups in total. The fourth-order valence-electron chi connectivity index (χ4n) is 3.08. The number of para-hydroxylation sites is 1. The average Bonchev–Trinajstić information content (AvgIpc) is 2.63. The van der Waals surface area contributed by atoms with Crippen molar-refractivity contribution < 1.29 is 14.4 Å². The van der Waals surface area contributed by atoms with Crippen LogP contribution >= 0.6 is 11.6 Å². The molecule has 0 spiro atoms. The molecule has 0 atom stereocenters. The molecule has 0 aliphatic carbocycles. The highest BCUT2D eigenvalue weighted by Crippen LogP contribution is 2.24. The van der Waals surface area contributed by atoms with Crippen molar-refractivity contribution >= 4 is 28.9 Å². The van der Waals surface area contributed by atoms with Gasteiger partial charge in [0.15, 0.2) is 6.54 Å². The van der Waals surface area contributed by atoms with E-state index in [1.807, 2.05) is 48.5 Å². The Labute approximate surface area is 153 Å². The van der Waals surface area contributed by atoms with Gasteiger partial charge in [0.25, 0.3) is 5.91 Å². The maximum Gasteiger partial charge on any atom is 0.279 e. The highest BCUT2D eigenvalue weighted by atomic mass is 35.5. The largest absolute Gasteiger partial charge is 0.497 e. The number of ether oxygens (including phenoxy) is 1. The molecule has 132 valence electrons. The number of nitrogens with one attached hydrogen (secondary N) is 2. The normalized spacial score (nSPS) is 15.0. The molecule has 1 amide bonds. The Morgan fingerprint density at radius 1 is 1.20 bits per heavy atom. The Hall–Kier alpha value is -2.24. The van der Waals surface area contributed by atoms with Gasteiger partial charge in [-0.05, 0) is 24.3 Å².